The Morgan fingerprint density at radius 3 is 2.03 bits per heavy atom. The Morgan fingerprint density at radius 1 is 0.725 bits per heavy atom. The molecule has 18 nitrogen and oxygen atoms in total. The Kier molecular flexibility index (Phi) is 18.1. The molecule has 0 aliphatic carbocycles. The molecular weight excluding hydrogens is 879 g/mol. The molecule has 3 atom stereocenters. The average molecular weight is 942 g/mol. The van der Waals surface area contributed by atoms with E-state index in [0.717, 1.165) is 34.1 Å². The number of unbranched alkanes of at least 4 members (excludes halogenated alkanes) is 1. The first kappa shape index (κ1) is 50.5. The van der Waals surface area contributed by atoms with Crippen molar-refractivity contribution in [1.29, 1.82) is 0 Å². The van der Waals surface area contributed by atoms with Gasteiger partial charge < -0.3 is 58.4 Å². The number of rotatable bonds is 24. The molecule has 0 saturated carbocycles. The number of guanidine groups is 1. The van der Waals surface area contributed by atoms with Crippen molar-refractivity contribution < 1.29 is 33.5 Å². The lowest BCUT2D eigenvalue weighted by atomic mass is 9.85. The van der Waals surface area contributed by atoms with E-state index >= 15 is 0 Å². The van der Waals surface area contributed by atoms with E-state index in [-0.39, 0.29) is 63.4 Å². The van der Waals surface area contributed by atoms with Gasteiger partial charge >= 0.3 is 0 Å². The second-order valence-corrected chi connectivity index (χ2v) is 17.2. The largest absolute Gasteiger partial charge is 0.457 e. The number of aliphatic imine (C=N–C) groups is 1. The van der Waals surface area contributed by atoms with Crippen LogP contribution in [0.4, 0.5) is 5.69 Å². The van der Waals surface area contributed by atoms with Gasteiger partial charge in [-0.1, -0.05) is 80.1 Å². The number of ether oxygens (including phenoxy) is 1. The van der Waals surface area contributed by atoms with Gasteiger partial charge in [0.25, 0.3) is 0 Å². The number of H-pyrrole nitrogens is 1. The van der Waals surface area contributed by atoms with Crippen molar-refractivity contribution in [2.75, 3.05) is 31.1 Å². The number of anilines is 1. The van der Waals surface area contributed by atoms with Gasteiger partial charge in [0, 0.05) is 61.7 Å². The van der Waals surface area contributed by atoms with Gasteiger partial charge in [-0.2, -0.15) is 0 Å². The highest BCUT2D eigenvalue weighted by Gasteiger charge is 2.44. The number of hydrogen-bond acceptors (Lipinski definition) is 9. The number of carbonyl (C=O) groups is 6. The molecule has 0 radical (unpaired) electrons. The van der Waals surface area contributed by atoms with E-state index in [0.29, 0.717) is 31.0 Å². The lowest BCUT2D eigenvalue weighted by Crippen LogP contribution is -2.66. The second kappa shape index (κ2) is 24.8. The van der Waals surface area contributed by atoms with Crippen LogP contribution in [0.5, 0.6) is 11.5 Å². The summed E-state index contributed by atoms with van der Waals surface area (Å²) < 4.78 is 5.98. The molecule has 1 aromatic heterocycles. The molecule has 3 unspecified atom stereocenters. The van der Waals surface area contributed by atoms with Gasteiger partial charge in [-0.3, -0.25) is 33.8 Å². The molecule has 69 heavy (non-hydrogen) atoms. The Hall–Kier alpha value is -7.89. The second-order valence-electron chi connectivity index (χ2n) is 17.2. The number of nitrogens with zero attached hydrogens (tertiary/aromatic N) is 2. The van der Waals surface area contributed by atoms with E-state index in [4.69, 9.17) is 21.9 Å². The zero-order chi connectivity index (χ0) is 49.2. The summed E-state index contributed by atoms with van der Waals surface area (Å²) in [6.07, 6.45) is 4.22. The van der Waals surface area contributed by atoms with Crippen molar-refractivity contribution in [1.82, 2.24) is 31.6 Å². The Labute approximate surface area is 401 Å². The van der Waals surface area contributed by atoms with E-state index in [2.05, 4.69) is 41.5 Å². The maximum atomic E-state index is 14.8. The first-order valence-electron chi connectivity index (χ1n) is 23.3. The number of benzene rings is 4. The van der Waals surface area contributed by atoms with Crippen molar-refractivity contribution in [3.05, 3.63) is 127 Å². The van der Waals surface area contributed by atoms with E-state index in [1.54, 1.807) is 6.20 Å². The quantitative estimate of drug-likeness (QED) is 0.0248. The minimum atomic E-state index is -1.36. The SMILES string of the molecule is CCCCC(=O)NC1(C(=O)NC(Cc2ccccc2)C(=O)NC(CCCN=C(N)N)C(=O)NC(Cc2c[nH]c3ccccc23)C(=O)NCC(N)=O)CCN(c2ccc(Oc3ccccc3)cc2)CC1. The van der Waals surface area contributed by atoms with Crippen molar-refractivity contribution in [2.45, 2.75) is 88.4 Å². The smallest absolute Gasteiger partial charge is 0.246 e. The molecule has 0 spiro atoms. The lowest BCUT2D eigenvalue weighted by molar-refractivity contribution is -0.138. The van der Waals surface area contributed by atoms with Crippen molar-refractivity contribution in [3.8, 4) is 11.5 Å². The van der Waals surface area contributed by atoms with Crippen molar-refractivity contribution >= 4 is 58.0 Å². The van der Waals surface area contributed by atoms with Crippen LogP contribution in [0.15, 0.2) is 120 Å². The standard InChI is InChI=1S/C51H63N11O7/c1-2-3-20-45(64)61-51(25-28-62(29-26-51)36-21-23-38(24-22-36)69-37-15-8-5-9-16-37)49(68)60-42(30-34-13-6-4-7-14-34)48(67)58-41(19-12-27-55-50(53)54)47(66)59-43(46(65)57-33-44(52)63)31-35-32-56-40-18-11-10-17-39(35)40/h4-11,13-18,21-24,32,41-43,56H,2-3,12,19-20,25-31,33H2,1H3,(H2,52,63)(H,57,65)(H,58,67)(H,59,66)(H,60,68)(H,61,64)(H4,53,54,55). The third kappa shape index (κ3) is 14.8. The molecule has 5 aromatic rings. The Morgan fingerprint density at radius 2 is 1.35 bits per heavy atom. The summed E-state index contributed by atoms with van der Waals surface area (Å²) in [5, 5.41) is 15.0. The number of fused-ring (bicyclic) bond motifs is 1. The number of primary amides is 1. The van der Waals surface area contributed by atoms with Crippen LogP contribution in [0, 0.1) is 0 Å². The molecule has 0 bridgehead atoms. The predicted molar refractivity (Wildman–Crippen MR) is 265 cm³/mol. The molecule has 1 fully saturated rings. The molecular formula is C51H63N11O7. The number of para-hydroxylation sites is 2. The zero-order valence-electron chi connectivity index (χ0n) is 38.9. The van der Waals surface area contributed by atoms with E-state index in [1.807, 2.05) is 116 Å². The van der Waals surface area contributed by atoms with E-state index < -0.39 is 59.7 Å². The fourth-order valence-corrected chi connectivity index (χ4v) is 8.27. The highest BCUT2D eigenvalue weighted by atomic mass is 16.5. The molecule has 18 heteroatoms. The summed E-state index contributed by atoms with van der Waals surface area (Å²) in [6, 6.07) is 30.0. The molecule has 2 heterocycles. The number of carbonyl (C=O) groups excluding carboxylic acids is 6. The summed E-state index contributed by atoms with van der Waals surface area (Å²) in [4.78, 5) is 91.9. The van der Waals surface area contributed by atoms with Crippen LogP contribution < -0.4 is 53.4 Å². The third-order valence-electron chi connectivity index (χ3n) is 12.0. The molecule has 12 N–H and O–H groups in total. The van der Waals surface area contributed by atoms with Crippen LogP contribution in [0.2, 0.25) is 0 Å². The van der Waals surface area contributed by atoms with Gasteiger partial charge in [-0.15, -0.1) is 0 Å². The Bertz CT molecular complexity index is 2540. The van der Waals surface area contributed by atoms with Gasteiger partial charge in [0.15, 0.2) is 5.96 Å². The lowest BCUT2D eigenvalue weighted by Gasteiger charge is -2.42. The van der Waals surface area contributed by atoms with E-state index in [1.165, 1.54) is 0 Å². The van der Waals surface area contributed by atoms with Gasteiger partial charge in [-0.25, -0.2) is 0 Å². The van der Waals surface area contributed by atoms with Crippen LogP contribution in [-0.4, -0.2) is 96.2 Å². The molecule has 364 valence electrons. The predicted octanol–water partition coefficient (Wildman–Crippen LogP) is 3.20. The zero-order valence-corrected chi connectivity index (χ0v) is 38.9. The maximum Gasteiger partial charge on any atom is 0.246 e. The number of nitrogens with one attached hydrogen (secondary N) is 6. The number of piperidine rings is 1. The summed E-state index contributed by atoms with van der Waals surface area (Å²) in [6.45, 7) is 2.48. The number of hydrogen-bond donors (Lipinski definition) is 9. The molecule has 4 aromatic carbocycles. The maximum absolute atomic E-state index is 14.8. The van der Waals surface area contributed by atoms with Gasteiger partial charge in [0.2, 0.25) is 35.4 Å². The first-order chi connectivity index (χ1) is 33.3. The summed E-state index contributed by atoms with van der Waals surface area (Å²) in [5.41, 5.74) is 18.3. The first-order valence-corrected chi connectivity index (χ1v) is 23.3. The van der Waals surface area contributed by atoms with E-state index in [9.17, 15) is 28.8 Å². The minimum Gasteiger partial charge on any atom is -0.457 e. The highest BCUT2D eigenvalue weighted by Crippen LogP contribution is 2.30. The van der Waals surface area contributed by atoms with Crippen LogP contribution in [0.3, 0.4) is 0 Å². The van der Waals surface area contributed by atoms with Crippen LogP contribution in [0.25, 0.3) is 10.9 Å². The minimum absolute atomic E-state index is 0.0270. The molecule has 1 saturated heterocycles. The number of nitrogens with two attached hydrogens (primary N) is 3. The van der Waals surface area contributed by atoms with Crippen LogP contribution in [-0.2, 0) is 41.6 Å². The van der Waals surface area contributed by atoms with Crippen LogP contribution >= 0.6 is 0 Å². The normalized spacial score (nSPS) is 14.3. The Balaban J connectivity index is 1.23. The number of aromatic amines is 1. The highest BCUT2D eigenvalue weighted by molar-refractivity contribution is 5.98. The fourth-order valence-electron chi connectivity index (χ4n) is 8.27. The topological polar surface area (TPSA) is 281 Å². The summed E-state index contributed by atoms with van der Waals surface area (Å²) in [5.74, 6) is -2.39. The summed E-state index contributed by atoms with van der Waals surface area (Å²) >= 11 is 0. The molecule has 6 rings (SSSR count). The van der Waals surface area contributed by atoms with Crippen molar-refractivity contribution in [3.63, 3.8) is 0 Å². The van der Waals surface area contributed by atoms with Crippen LogP contribution in [0.1, 0.15) is 63.0 Å². The average Bonchev–Trinajstić information content (AvgIpc) is 3.76. The third-order valence-corrected chi connectivity index (χ3v) is 12.0. The van der Waals surface area contributed by atoms with Gasteiger partial charge in [0.1, 0.15) is 35.2 Å². The molecule has 1 aliphatic rings. The fraction of sp³-hybridized carbons (Fsp3) is 0.353. The molecule has 1 aliphatic heterocycles. The number of aromatic nitrogens is 1. The monoisotopic (exact) mass is 941 g/mol. The van der Waals surface area contributed by atoms with Gasteiger partial charge in [0.05, 0.1) is 6.54 Å². The number of amides is 6. The summed E-state index contributed by atoms with van der Waals surface area (Å²) in [7, 11) is 0. The van der Waals surface area contributed by atoms with Gasteiger partial charge in [-0.05, 0) is 85.7 Å². The molecule has 6 amide bonds. The van der Waals surface area contributed by atoms with Crippen molar-refractivity contribution in [2.24, 2.45) is 22.2 Å².